The molecule has 0 aliphatic carbocycles. The van der Waals surface area contributed by atoms with Gasteiger partial charge in [-0.05, 0) is 36.9 Å². The van der Waals surface area contributed by atoms with Crippen molar-refractivity contribution >= 4 is 23.4 Å². The summed E-state index contributed by atoms with van der Waals surface area (Å²) in [6, 6.07) is 4.63. The molecule has 0 saturated carbocycles. The first kappa shape index (κ1) is 14.1. The molecule has 18 heavy (non-hydrogen) atoms. The highest BCUT2D eigenvalue weighted by atomic mass is 35.5. The molecule has 2 rings (SSSR count). The molecular weight excluding hydrogens is 271 g/mol. The number of nitrogens with zero attached hydrogens (tertiary/aromatic N) is 1. The van der Waals surface area contributed by atoms with E-state index in [1.54, 1.807) is 12.1 Å². The van der Waals surface area contributed by atoms with Crippen molar-refractivity contribution < 1.29 is 4.39 Å². The van der Waals surface area contributed by atoms with Crippen molar-refractivity contribution in [2.45, 2.75) is 12.5 Å². The Morgan fingerprint density at radius 3 is 3.00 bits per heavy atom. The first-order valence-corrected chi connectivity index (χ1v) is 7.72. The highest BCUT2D eigenvalue weighted by Crippen LogP contribution is 2.27. The van der Waals surface area contributed by atoms with Crippen molar-refractivity contribution in [1.82, 2.24) is 4.90 Å². The zero-order chi connectivity index (χ0) is 13.0. The summed E-state index contributed by atoms with van der Waals surface area (Å²) in [6.45, 7) is 2.35. The third-order valence-electron chi connectivity index (χ3n) is 3.24. The maximum atomic E-state index is 13.9. The quantitative estimate of drug-likeness (QED) is 0.927. The number of benzene rings is 1. The Balaban J connectivity index is 2.23. The summed E-state index contributed by atoms with van der Waals surface area (Å²) >= 11 is 7.91. The molecule has 5 heteroatoms. The first-order chi connectivity index (χ1) is 8.72. The number of hydrogen-bond acceptors (Lipinski definition) is 3. The molecule has 1 heterocycles. The van der Waals surface area contributed by atoms with Crippen molar-refractivity contribution in [2.75, 3.05) is 31.1 Å². The van der Waals surface area contributed by atoms with Crippen LogP contribution in [-0.2, 0) is 0 Å². The Bertz CT molecular complexity index is 395. The minimum absolute atomic E-state index is 0.0672. The normalized spacial score (nSPS) is 19.5. The van der Waals surface area contributed by atoms with Crippen LogP contribution in [0.4, 0.5) is 4.39 Å². The van der Waals surface area contributed by atoms with Crippen molar-refractivity contribution in [1.29, 1.82) is 0 Å². The second-order valence-electron chi connectivity index (χ2n) is 4.42. The predicted octanol–water partition coefficient (Wildman–Crippen LogP) is 2.92. The van der Waals surface area contributed by atoms with E-state index in [-0.39, 0.29) is 11.9 Å². The van der Waals surface area contributed by atoms with Crippen LogP contribution >= 0.6 is 23.4 Å². The average Bonchev–Trinajstić information content (AvgIpc) is 2.64. The smallest absolute Gasteiger partial charge is 0.128 e. The third-order valence-corrected chi connectivity index (χ3v) is 4.52. The fourth-order valence-electron chi connectivity index (χ4n) is 2.32. The number of halogens is 2. The lowest BCUT2D eigenvalue weighted by molar-refractivity contribution is 0.214. The van der Waals surface area contributed by atoms with Crippen LogP contribution in [0.5, 0.6) is 0 Å². The zero-order valence-electron chi connectivity index (χ0n) is 10.2. The van der Waals surface area contributed by atoms with Gasteiger partial charge in [0.25, 0.3) is 0 Å². The van der Waals surface area contributed by atoms with Gasteiger partial charge >= 0.3 is 0 Å². The monoisotopic (exact) mass is 288 g/mol. The minimum atomic E-state index is -0.216. The summed E-state index contributed by atoms with van der Waals surface area (Å²) in [5, 5.41) is 0.564. The Morgan fingerprint density at radius 2 is 2.22 bits per heavy atom. The summed E-state index contributed by atoms with van der Waals surface area (Å²) in [4.78, 5) is 2.27. The van der Waals surface area contributed by atoms with Gasteiger partial charge in [0.05, 0.1) is 0 Å². The first-order valence-electron chi connectivity index (χ1n) is 6.19. The summed E-state index contributed by atoms with van der Waals surface area (Å²) in [7, 11) is 0. The second kappa shape index (κ2) is 6.75. The van der Waals surface area contributed by atoms with E-state index in [2.05, 4.69) is 4.90 Å². The van der Waals surface area contributed by atoms with Gasteiger partial charge < -0.3 is 5.73 Å². The van der Waals surface area contributed by atoms with E-state index in [0.717, 1.165) is 25.3 Å². The van der Waals surface area contributed by atoms with Crippen LogP contribution in [0.2, 0.25) is 5.02 Å². The summed E-state index contributed by atoms with van der Waals surface area (Å²) in [6.07, 6.45) is 1.13. The molecule has 1 atom stereocenters. The van der Waals surface area contributed by atoms with E-state index >= 15 is 0 Å². The molecule has 1 aromatic carbocycles. The highest BCUT2D eigenvalue weighted by Gasteiger charge is 2.23. The summed E-state index contributed by atoms with van der Waals surface area (Å²) < 4.78 is 13.9. The molecule has 0 aromatic heterocycles. The number of hydrogen-bond donors (Lipinski definition) is 1. The molecule has 1 aliphatic heterocycles. The molecule has 1 fully saturated rings. The Labute approximate surface area is 117 Å². The van der Waals surface area contributed by atoms with Gasteiger partial charge in [0, 0.05) is 35.5 Å². The molecule has 1 aromatic rings. The molecule has 2 N–H and O–H groups in total. The van der Waals surface area contributed by atoms with Crippen LogP contribution in [0.25, 0.3) is 0 Å². The molecular formula is C13H18ClFN2S. The maximum absolute atomic E-state index is 13.9. The van der Waals surface area contributed by atoms with Crippen molar-refractivity contribution in [3.05, 3.63) is 34.6 Å². The lowest BCUT2D eigenvalue weighted by Crippen LogP contribution is -2.35. The molecule has 1 aliphatic rings. The van der Waals surface area contributed by atoms with Crippen LogP contribution in [0.1, 0.15) is 18.0 Å². The van der Waals surface area contributed by atoms with Crippen LogP contribution < -0.4 is 5.73 Å². The van der Waals surface area contributed by atoms with Crippen LogP contribution in [0, 0.1) is 5.82 Å². The van der Waals surface area contributed by atoms with E-state index in [4.69, 9.17) is 17.3 Å². The summed E-state index contributed by atoms with van der Waals surface area (Å²) in [5.74, 6) is 2.04. The van der Waals surface area contributed by atoms with E-state index in [1.807, 2.05) is 11.8 Å². The van der Waals surface area contributed by atoms with E-state index in [9.17, 15) is 4.39 Å². The van der Waals surface area contributed by atoms with Crippen LogP contribution in [-0.4, -0.2) is 36.0 Å². The Kier molecular flexibility index (Phi) is 5.30. The summed E-state index contributed by atoms with van der Waals surface area (Å²) in [5.41, 5.74) is 6.47. The minimum Gasteiger partial charge on any atom is -0.329 e. The Morgan fingerprint density at radius 1 is 1.39 bits per heavy atom. The lowest BCUT2D eigenvalue weighted by atomic mass is 10.0. The van der Waals surface area contributed by atoms with Gasteiger partial charge in [0.2, 0.25) is 0 Å². The predicted molar refractivity (Wildman–Crippen MR) is 76.7 cm³/mol. The average molecular weight is 289 g/mol. The van der Waals surface area contributed by atoms with Gasteiger partial charge in [-0.3, -0.25) is 4.90 Å². The number of thioether (sulfide) groups is 1. The third kappa shape index (κ3) is 3.38. The topological polar surface area (TPSA) is 29.3 Å². The maximum Gasteiger partial charge on any atom is 0.128 e. The van der Waals surface area contributed by atoms with Crippen LogP contribution in [0.3, 0.4) is 0 Å². The molecule has 100 valence electrons. The van der Waals surface area contributed by atoms with E-state index < -0.39 is 0 Å². The van der Waals surface area contributed by atoms with E-state index in [0.29, 0.717) is 17.1 Å². The molecule has 1 unspecified atom stereocenters. The number of nitrogens with two attached hydrogens (primary N) is 1. The van der Waals surface area contributed by atoms with Gasteiger partial charge in [0.1, 0.15) is 5.82 Å². The van der Waals surface area contributed by atoms with E-state index in [1.165, 1.54) is 11.8 Å². The fourth-order valence-corrected chi connectivity index (χ4v) is 3.40. The molecule has 0 spiro atoms. The van der Waals surface area contributed by atoms with Gasteiger partial charge in [-0.1, -0.05) is 11.6 Å². The van der Waals surface area contributed by atoms with Crippen molar-refractivity contribution in [3.8, 4) is 0 Å². The van der Waals surface area contributed by atoms with Gasteiger partial charge in [-0.2, -0.15) is 11.8 Å². The molecule has 0 bridgehead atoms. The van der Waals surface area contributed by atoms with Gasteiger partial charge in [-0.25, -0.2) is 4.39 Å². The lowest BCUT2D eigenvalue weighted by Gasteiger charge is -2.30. The van der Waals surface area contributed by atoms with Gasteiger partial charge in [0.15, 0.2) is 0 Å². The zero-order valence-corrected chi connectivity index (χ0v) is 11.8. The standard InChI is InChI=1S/C13H18ClFN2S/c14-10-2-3-12(15)11(8-10)13(9-16)17-4-1-6-18-7-5-17/h2-3,8,13H,1,4-7,9,16H2. The van der Waals surface area contributed by atoms with Crippen molar-refractivity contribution in [3.63, 3.8) is 0 Å². The SMILES string of the molecule is NCC(c1cc(Cl)ccc1F)N1CCCSCC1. The molecule has 0 amide bonds. The second-order valence-corrected chi connectivity index (χ2v) is 6.08. The largest absolute Gasteiger partial charge is 0.329 e. The fraction of sp³-hybridized carbons (Fsp3) is 0.538. The van der Waals surface area contributed by atoms with Crippen LogP contribution in [0.15, 0.2) is 18.2 Å². The van der Waals surface area contributed by atoms with Crippen molar-refractivity contribution in [2.24, 2.45) is 5.73 Å². The molecule has 0 radical (unpaired) electrons. The molecule has 2 nitrogen and oxygen atoms in total. The highest BCUT2D eigenvalue weighted by molar-refractivity contribution is 7.99. The Hall–Kier alpha value is -0.290. The molecule has 1 saturated heterocycles. The van der Waals surface area contributed by atoms with Gasteiger partial charge in [-0.15, -0.1) is 0 Å². The number of rotatable bonds is 3.